The average molecular weight is 227 g/mol. The Morgan fingerprint density at radius 3 is 2.94 bits per heavy atom. The molecule has 0 spiro atoms. The molecule has 2 fully saturated rings. The van der Waals surface area contributed by atoms with Crippen LogP contribution < -0.4 is 16.4 Å². The van der Waals surface area contributed by atoms with Crippen LogP contribution in [0, 0.1) is 5.92 Å². The molecule has 1 saturated heterocycles. The summed E-state index contributed by atoms with van der Waals surface area (Å²) >= 11 is 0. The van der Waals surface area contributed by atoms with Crippen molar-refractivity contribution in [2.75, 3.05) is 13.2 Å². The number of fused-ring (bicyclic) bond motifs is 1. The Bertz CT molecular complexity index is 308. The van der Waals surface area contributed by atoms with Gasteiger partial charge in [-0.05, 0) is 6.42 Å². The van der Waals surface area contributed by atoms with Gasteiger partial charge in [-0.25, -0.2) is 0 Å². The first kappa shape index (κ1) is 11.3. The molecule has 0 aromatic rings. The molecule has 0 aromatic heterocycles. The second-order valence-corrected chi connectivity index (χ2v) is 4.37. The Kier molecular flexibility index (Phi) is 3.11. The maximum absolute atomic E-state index is 11.4. The Balaban J connectivity index is 1.77. The van der Waals surface area contributed by atoms with Crippen LogP contribution in [-0.2, 0) is 14.3 Å². The standard InChI is InChI=1S/C10H17N3O3/c1-5(14)12-4-7(15)13-9-8(11)6-2-3-16-10(6)9/h6,8-10H,2-4,11H2,1H3,(H,12,14)(H,13,15). The van der Waals surface area contributed by atoms with Crippen molar-refractivity contribution in [1.82, 2.24) is 10.6 Å². The van der Waals surface area contributed by atoms with Crippen LogP contribution in [0.1, 0.15) is 13.3 Å². The SMILES string of the molecule is CC(=O)NCC(=O)NC1C(N)C2CCOC21. The van der Waals surface area contributed by atoms with Crippen LogP contribution in [0.25, 0.3) is 0 Å². The van der Waals surface area contributed by atoms with Gasteiger partial charge in [0.2, 0.25) is 11.8 Å². The molecule has 90 valence electrons. The smallest absolute Gasteiger partial charge is 0.239 e. The second kappa shape index (κ2) is 4.39. The zero-order valence-electron chi connectivity index (χ0n) is 9.23. The number of hydrogen-bond acceptors (Lipinski definition) is 4. The number of hydrogen-bond donors (Lipinski definition) is 3. The summed E-state index contributed by atoms with van der Waals surface area (Å²) in [6, 6.07) is -0.123. The largest absolute Gasteiger partial charge is 0.376 e. The topological polar surface area (TPSA) is 93.5 Å². The van der Waals surface area contributed by atoms with E-state index in [1.807, 2.05) is 0 Å². The molecule has 1 heterocycles. The van der Waals surface area contributed by atoms with Crippen molar-refractivity contribution < 1.29 is 14.3 Å². The summed E-state index contributed by atoms with van der Waals surface area (Å²) in [5, 5.41) is 5.23. The van der Waals surface area contributed by atoms with Crippen LogP contribution in [0.4, 0.5) is 0 Å². The number of carbonyl (C=O) groups is 2. The van der Waals surface area contributed by atoms with Crippen molar-refractivity contribution in [3.05, 3.63) is 0 Å². The number of nitrogens with two attached hydrogens (primary N) is 1. The molecular weight excluding hydrogens is 210 g/mol. The van der Waals surface area contributed by atoms with Gasteiger partial charge in [0.15, 0.2) is 0 Å². The molecule has 2 aliphatic rings. The third-order valence-electron chi connectivity index (χ3n) is 3.27. The predicted octanol–water partition coefficient (Wildman–Crippen LogP) is -1.65. The number of carbonyl (C=O) groups excluding carboxylic acids is 2. The molecule has 1 aliphatic carbocycles. The van der Waals surface area contributed by atoms with Crippen molar-refractivity contribution in [2.45, 2.75) is 31.5 Å². The molecular formula is C10H17N3O3. The zero-order valence-corrected chi connectivity index (χ0v) is 9.23. The lowest BCUT2D eigenvalue weighted by Gasteiger charge is -2.45. The summed E-state index contributed by atoms with van der Waals surface area (Å²) < 4.78 is 5.48. The Morgan fingerprint density at radius 1 is 1.50 bits per heavy atom. The van der Waals surface area contributed by atoms with Gasteiger partial charge in [-0.1, -0.05) is 0 Å². The highest BCUT2D eigenvalue weighted by molar-refractivity contribution is 5.83. The fraction of sp³-hybridized carbons (Fsp3) is 0.800. The van der Waals surface area contributed by atoms with Crippen LogP contribution in [0.2, 0.25) is 0 Å². The first-order valence-corrected chi connectivity index (χ1v) is 5.50. The van der Waals surface area contributed by atoms with E-state index in [2.05, 4.69) is 10.6 Å². The maximum atomic E-state index is 11.4. The fourth-order valence-electron chi connectivity index (χ4n) is 2.37. The minimum atomic E-state index is -0.219. The van der Waals surface area contributed by atoms with E-state index in [-0.39, 0.29) is 36.5 Å². The second-order valence-electron chi connectivity index (χ2n) is 4.37. The molecule has 4 unspecified atom stereocenters. The van der Waals surface area contributed by atoms with E-state index in [4.69, 9.17) is 10.5 Å². The fourth-order valence-corrected chi connectivity index (χ4v) is 2.37. The molecule has 4 atom stereocenters. The molecule has 6 heteroatoms. The van der Waals surface area contributed by atoms with E-state index in [1.165, 1.54) is 6.92 Å². The molecule has 0 aromatic carbocycles. The third-order valence-corrected chi connectivity index (χ3v) is 3.27. The highest BCUT2D eigenvalue weighted by Crippen LogP contribution is 2.37. The summed E-state index contributed by atoms with van der Waals surface area (Å²) in [5.41, 5.74) is 5.93. The van der Waals surface area contributed by atoms with Crippen molar-refractivity contribution in [3.8, 4) is 0 Å². The van der Waals surface area contributed by atoms with Gasteiger partial charge in [-0.3, -0.25) is 9.59 Å². The summed E-state index contributed by atoms with van der Waals surface area (Å²) in [6.45, 7) is 2.09. The van der Waals surface area contributed by atoms with Crippen LogP contribution in [0.5, 0.6) is 0 Å². The number of rotatable bonds is 3. The zero-order chi connectivity index (χ0) is 11.7. The summed E-state index contributed by atoms with van der Waals surface area (Å²) in [6.07, 6.45) is 1.04. The first-order chi connectivity index (χ1) is 7.59. The maximum Gasteiger partial charge on any atom is 0.239 e. The Hall–Kier alpha value is -1.14. The normalized spacial score (nSPS) is 36.1. The Labute approximate surface area is 93.9 Å². The van der Waals surface area contributed by atoms with Gasteiger partial charge in [0, 0.05) is 25.5 Å². The van der Waals surface area contributed by atoms with E-state index < -0.39 is 0 Å². The van der Waals surface area contributed by atoms with Gasteiger partial charge in [-0.15, -0.1) is 0 Å². The quantitative estimate of drug-likeness (QED) is 0.538. The Morgan fingerprint density at radius 2 is 2.25 bits per heavy atom. The molecule has 1 saturated carbocycles. The highest BCUT2D eigenvalue weighted by Gasteiger charge is 2.52. The van der Waals surface area contributed by atoms with Gasteiger partial charge in [0.1, 0.15) is 0 Å². The van der Waals surface area contributed by atoms with Gasteiger partial charge in [0.25, 0.3) is 0 Å². The van der Waals surface area contributed by atoms with E-state index in [0.717, 1.165) is 13.0 Å². The lowest BCUT2D eigenvalue weighted by Crippen LogP contribution is -2.69. The van der Waals surface area contributed by atoms with Gasteiger partial charge < -0.3 is 21.1 Å². The molecule has 4 N–H and O–H groups in total. The minimum Gasteiger partial charge on any atom is -0.376 e. The van der Waals surface area contributed by atoms with Crippen LogP contribution in [-0.4, -0.2) is 43.2 Å². The van der Waals surface area contributed by atoms with E-state index >= 15 is 0 Å². The van der Waals surface area contributed by atoms with Crippen LogP contribution in [0.15, 0.2) is 0 Å². The lowest BCUT2D eigenvalue weighted by atomic mass is 9.72. The molecule has 6 nitrogen and oxygen atoms in total. The molecule has 2 rings (SSSR count). The van der Waals surface area contributed by atoms with Crippen molar-refractivity contribution in [1.29, 1.82) is 0 Å². The third kappa shape index (κ3) is 2.03. The average Bonchev–Trinajstić information content (AvgIpc) is 2.67. The van der Waals surface area contributed by atoms with Crippen molar-refractivity contribution in [3.63, 3.8) is 0 Å². The molecule has 1 aliphatic heterocycles. The van der Waals surface area contributed by atoms with E-state index in [9.17, 15) is 9.59 Å². The van der Waals surface area contributed by atoms with Gasteiger partial charge in [-0.2, -0.15) is 0 Å². The van der Waals surface area contributed by atoms with Crippen LogP contribution >= 0.6 is 0 Å². The minimum absolute atomic E-state index is 0.00403. The van der Waals surface area contributed by atoms with E-state index in [1.54, 1.807) is 0 Å². The highest BCUT2D eigenvalue weighted by atomic mass is 16.5. The number of nitrogens with one attached hydrogen (secondary N) is 2. The number of amides is 2. The predicted molar refractivity (Wildman–Crippen MR) is 56.4 cm³/mol. The molecule has 0 radical (unpaired) electrons. The number of ether oxygens (including phenoxy) is 1. The van der Waals surface area contributed by atoms with Crippen LogP contribution in [0.3, 0.4) is 0 Å². The van der Waals surface area contributed by atoms with Gasteiger partial charge >= 0.3 is 0 Å². The summed E-state index contributed by atoms with van der Waals surface area (Å²) in [5.74, 6) is -0.0567. The molecule has 0 bridgehead atoms. The molecule has 16 heavy (non-hydrogen) atoms. The molecule has 2 amide bonds. The summed E-state index contributed by atoms with van der Waals surface area (Å²) in [7, 11) is 0. The lowest BCUT2D eigenvalue weighted by molar-refractivity contribution is -0.127. The van der Waals surface area contributed by atoms with Crippen molar-refractivity contribution >= 4 is 11.8 Å². The summed E-state index contributed by atoms with van der Waals surface area (Å²) in [4.78, 5) is 22.1. The van der Waals surface area contributed by atoms with Gasteiger partial charge in [0.05, 0.1) is 18.7 Å². The monoisotopic (exact) mass is 227 g/mol. The van der Waals surface area contributed by atoms with E-state index in [0.29, 0.717) is 5.92 Å². The van der Waals surface area contributed by atoms with Crippen molar-refractivity contribution in [2.24, 2.45) is 11.7 Å². The first-order valence-electron chi connectivity index (χ1n) is 5.50.